The van der Waals surface area contributed by atoms with Gasteiger partial charge in [-0.2, -0.15) is 0 Å². The number of aliphatic imine (C=N–C) groups is 1. The van der Waals surface area contributed by atoms with Crippen LogP contribution in [0.15, 0.2) is 4.99 Å². The van der Waals surface area contributed by atoms with E-state index >= 15 is 0 Å². The Balaban J connectivity index is 0.00000576. The number of carbonyl (C=O) groups is 1. The number of halogens is 1. The maximum atomic E-state index is 11.8. The fourth-order valence-corrected chi connectivity index (χ4v) is 3.52. The summed E-state index contributed by atoms with van der Waals surface area (Å²) >= 11 is 0. The number of likely N-dealkylation sites (N-methyl/N-ethyl adjacent to an activating group) is 1. The number of amides is 1. The fourth-order valence-electron chi connectivity index (χ4n) is 3.52. The molecule has 0 saturated carbocycles. The number of nitrogens with one attached hydrogen (secondary N) is 2. The summed E-state index contributed by atoms with van der Waals surface area (Å²) < 4.78 is 0. The molecule has 0 aromatic heterocycles. The highest BCUT2D eigenvalue weighted by Gasteiger charge is 2.26. The van der Waals surface area contributed by atoms with Crippen molar-refractivity contribution in [3.8, 4) is 0 Å². The maximum Gasteiger partial charge on any atom is 0.222 e. The number of hydrogen-bond donors (Lipinski definition) is 2. The Labute approximate surface area is 171 Å². The second-order valence-electron chi connectivity index (χ2n) is 6.88. The number of rotatable bonds is 8. The largest absolute Gasteiger partial charge is 0.355 e. The lowest BCUT2D eigenvalue weighted by Gasteiger charge is -2.32. The lowest BCUT2D eigenvalue weighted by Crippen LogP contribution is -2.50. The molecule has 2 N–H and O–H groups in total. The van der Waals surface area contributed by atoms with Crippen LogP contribution in [0.25, 0.3) is 0 Å². The molecule has 1 amide bonds. The van der Waals surface area contributed by atoms with E-state index in [1.165, 1.54) is 12.8 Å². The first-order chi connectivity index (χ1) is 11.5. The lowest BCUT2D eigenvalue weighted by molar-refractivity contribution is -0.129. The van der Waals surface area contributed by atoms with Gasteiger partial charge in [0.25, 0.3) is 0 Å². The van der Waals surface area contributed by atoms with Gasteiger partial charge < -0.3 is 20.4 Å². The van der Waals surface area contributed by atoms with Crippen molar-refractivity contribution in [2.75, 3.05) is 40.8 Å². The van der Waals surface area contributed by atoms with E-state index in [-0.39, 0.29) is 35.9 Å². The number of nitrogens with zero attached hydrogens (tertiary/aromatic N) is 3. The molecule has 25 heavy (non-hydrogen) atoms. The number of guanidine groups is 1. The van der Waals surface area contributed by atoms with Gasteiger partial charge >= 0.3 is 0 Å². The molecule has 1 heterocycles. The topological polar surface area (TPSA) is 60.0 Å². The van der Waals surface area contributed by atoms with E-state index in [4.69, 9.17) is 0 Å². The van der Waals surface area contributed by atoms with Crippen molar-refractivity contribution in [1.82, 2.24) is 20.4 Å². The summed E-state index contributed by atoms with van der Waals surface area (Å²) in [5.74, 6) is 1.75. The molecule has 1 aliphatic rings. The zero-order valence-corrected chi connectivity index (χ0v) is 19.2. The van der Waals surface area contributed by atoms with E-state index in [9.17, 15) is 4.79 Å². The standard InChI is InChI=1S/C18H37N5O.HI/c1-7-14(8-2)16(22(5)6)12-20-18(19-4)21-15-10-11-23(13-15)17(24)9-3;/h14-16H,7-13H2,1-6H3,(H2,19,20,21);1H. The molecule has 0 aromatic carbocycles. The van der Waals surface area contributed by atoms with Crippen molar-refractivity contribution in [1.29, 1.82) is 0 Å². The monoisotopic (exact) mass is 467 g/mol. The van der Waals surface area contributed by atoms with E-state index in [1.807, 2.05) is 11.8 Å². The molecule has 0 radical (unpaired) electrons. The van der Waals surface area contributed by atoms with Gasteiger partial charge in [0.15, 0.2) is 5.96 Å². The van der Waals surface area contributed by atoms with Gasteiger partial charge in [-0.3, -0.25) is 9.79 Å². The Morgan fingerprint density at radius 2 is 1.92 bits per heavy atom. The second kappa shape index (κ2) is 12.7. The highest BCUT2D eigenvalue weighted by atomic mass is 127. The van der Waals surface area contributed by atoms with Crippen LogP contribution in [-0.2, 0) is 4.79 Å². The Morgan fingerprint density at radius 3 is 2.40 bits per heavy atom. The Hall–Kier alpha value is -0.570. The summed E-state index contributed by atoms with van der Waals surface area (Å²) in [7, 11) is 6.10. The second-order valence-corrected chi connectivity index (χ2v) is 6.88. The molecule has 0 bridgehead atoms. The molecule has 0 spiro atoms. The number of carbonyl (C=O) groups excluding carboxylic acids is 1. The van der Waals surface area contributed by atoms with Crippen molar-refractivity contribution in [2.24, 2.45) is 10.9 Å². The van der Waals surface area contributed by atoms with Crippen LogP contribution in [0.2, 0.25) is 0 Å². The molecular formula is C18H38IN5O. The summed E-state index contributed by atoms with van der Waals surface area (Å²) in [6.07, 6.45) is 3.93. The normalized spacial score (nSPS) is 19.1. The molecule has 1 fully saturated rings. The van der Waals surface area contributed by atoms with Gasteiger partial charge in [-0.05, 0) is 26.4 Å². The van der Waals surface area contributed by atoms with Gasteiger partial charge in [0.1, 0.15) is 0 Å². The predicted molar refractivity (Wildman–Crippen MR) is 117 cm³/mol. The van der Waals surface area contributed by atoms with Crippen molar-refractivity contribution < 1.29 is 4.79 Å². The third-order valence-electron chi connectivity index (χ3n) is 5.14. The summed E-state index contributed by atoms with van der Waals surface area (Å²) in [6.45, 7) is 8.93. The minimum atomic E-state index is 0. The first-order valence-electron chi connectivity index (χ1n) is 9.38. The van der Waals surface area contributed by atoms with Crippen LogP contribution in [0.1, 0.15) is 46.5 Å². The van der Waals surface area contributed by atoms with Crippen LogP contribution in [0.5, 0.6) is 0 Å². The van der Waals surface area contributed by atoms with Gasteiger partial charge in [-0.15, -0.1) is 24.0 Å². The van der Waals surface area contributed by atoms with Crippen molar-refractivity contribution >= 4 is 35.8 Å². The highest BCUT2D eigenvalue weighted by molar-refractivity contribution is 14.0. The number of likely N-dealkylation sites (tertiary alicyclic amines) is 1. The highest BCUT2D eigenvalue weighted by Crippen LogP contribution is 2.16. The van der Waals surface area contributed by atoms with Gasteiger partial charge in [0, 0.05) is 45.2 Å². The maximum absolute atomic E-state index is 11.8. The Kier molecular flexibility index (Phi) is 12.4. The fraction of sp³-hybridized carbons (Fsp3) is 0.889. The first kappa shape index (κ1) is 24.4. The first-order valence-corrected chi connectivity index (χ1v) is 9.38. The molecule has 6 nitrogen and oxygen atoms in total. The Morgan fingerprint density at radius 1 is 1.28 bits per heavy atom. The minimum Gasteiger partial charge on any atom is -0.355 e. The van der Waals surface area contributed by atoms with Crippen LogP contribution in [0, 0.1) is 5.92 Å². The molecule has 0 aromatic rings. The van der Waals surface area contributed by atoms with E-state index in [0.717, 1.165) is 32.0 Å². The quantitative estimate of drug-likeness (QED) is 0.326. The lowest BCUT2D eigenvalue weighted by atomic mass is 9.93. The molecule has 1 aliphatic heterocycles. The van der Waals surface area contributed by atoms with Crippen molar-refractivity contribution in [3.05, 3.63) is 0 Å². The molecule has 1 saturated heterocycles. The molecule has 7 heteroatoms. The molecule has 1 rings (SSSR count). The summed E-state index contributed by atoms with van der Waals surface area (Å²) in [5, 5.41) is 6.95. The van der Waals surface area contributed by atoms with Crippen LogP contribution in [-0.4, -0.2) is 74.5 Å². The molecule has 148 valence electrons. The molecule has 2 unspecified atom stereocenters. The van der Waals surface area contributed by atoms with Gasteiger partial charge in [0.05, 0.1) is 0 Å². The summed E-state index contributed by atoms with van der Waals surface area (Å²) in [4.78, 5) is 20.4. The van der Waals surface area contributed by atoms with E-state index in [0.29, 0.717) is 18.4 Å². The van der Waals surface area contributed by atoms with Gasteiger partial charge in [0.2, 0.25) is 5.91 Å². The average molecular weight is 467 g/mol. The zero-order valence-electron chi connectivity index (χ0n) is 16.8. The predicted octanol–water partition coefficient (Wildman–Crippen LogP) is 2.15. The third-order valence-corrected chi connectivity index (χ3v) is 5.14. The van der Waals surface area contributed by atoms with Crippen LogP contribution >= 0.6 is 24.0 Å². The average Bonchev–Trinajstić information content (AvgIpc) is 3.04. The van der Waals surface area contributed by atoms with Crippen molar-refractivity contribution in [2.45, 2.75) is 58.5 Å². The van der Waals surface area contributed by atoms with E-state index in [1.54, 1.807) is 7.05 Å². The smallest absolute Gasteiger partial charge is 0.222 e. The van der Waals surface area contributed by atoms with Crippen LogP contribution < -0.4 is 10.6 Å². The molecule has 0 aliphatic carbocycles. The molecular weight excluding hydrogens is 429 g/mol. The Bertz CT molecular complexity index is 412. The van der Waals surface area contributed by atoms with Gasteiger partial charge in [-0.25, -0.2) is 0 Å². The van der Waals surface area contributed by atoms with Crippen molar-refractivity contribution in [3.63, 3.8) is 0 Å². The van der Waals surface area contributed by atoms with E-state index < -0.39 is 0 Å². The van der Waals surface area contributed by atoms with Crippen LogP contribution in [0.4, 0.5) is 0 Å². The molecule has 2 atom stereocenters. The number of hydrogen-bond acceptors (Lipinski definition) is 3. The summed E-state index contributed by atoms with van der Waals surface area (Å²) in [5.41, 5.74) is 0. The third kappa shape index (κ3) is 7.68. The SMILES string of the molecule is CCC(=O)N1CCC(NC(=NC)NCC(C(CC)CC)N(C)C)C1.I. The van der Waals surface area contributed by atoms with E-state index in [2.05, 4.69) is 48.5 Å². The van der Waals surface area contributed by atoms with Crippen LogP contribution in [0.3, 0.4) is 0 Å². The summed E-state index contributed by atoms with van der Waals surface area (Å²) in [6, 6.07) is 0.776. The minimum absolute atomic E-state index is 0. The van der Waals surface area contributed by atoms with Gasteiger partial charge in [-0.1, -0.05) is 33.6 Å². The zero-order chi connectivity index (χ0) is 18.1.